The molecule has 2 rings (SSSR count). The van der Waals surface area contributed by atoms with Gasteiger partial charge in [0.15, 0.2) is 0 Å². The Kier molecular flexibility index (Phi) is 3.86. The van der Waals surface area contributed by atoms with Crippen molar-refractivity contribution in [3.63, 3.8) is 0 Å². The largest absolute Gasteiger partial charge is 0.451 e. The van der Waals surface area contributed by atoms with Crippen LogP contribution in [0.1, 0.15) is 18.1 Å². The summed E-state index contributed by atoms with van der Waals surface area (Å²) in [6.07, 6.45) is -3.45. The first kappa shape index (κ1) is 13.3. The molecule has 0 aliphatic carbocycles. The van der Waals surface area contributed by atoms with Gasteiger partial charge < -0.3 is 9.88 Å². The predicted molar refractivity (Wildman–Crippen MR) is 58.8 cm³/mol. The Morgan fingerprint density at radius 3 is 2.72 bits per heavy atom. The zero-order chi connectivity index (χ0) is 13.2. The summed E-state index contributed by atoms with van der Waals surface area (Å²) in [6.45, 7) is 3.10. The molecule has 0 bridgehead atoms. The van der Waals surface area contributed by atoms with Crippen molar-refractivity contribution in [3.05, 3.63) is 11.6 Å². The van der Waals surface area contributed by atoms with Crippen LogP contribution in [-0.4, -0.2) is 46.3 Å². The van der Waals surface area contributed by atoms with Crippen molar-refractivity contribution in [2.75, 3.05) is 26.7 Å². The van der Waals surface area contributed by atoms with Crippen LogP contribution in [-0.2, 0) is 19.3 Å². The molecule has 0 amide bonds. The Bertz CT molecular complexity index is 401. The van der Waals surface area contributed by atoms with Gasteiger partial charge in [-0.25, -0.2) is 0 Å². The van der Waals surface area contributed by atoms with Crippen molar-refractivity contribution in [1.82, 2.24) is 25.0 Å². The summed E-state index contributed by atoms with van der Waals surface area (Å²) < 4.78 is 39.0. The number of alkyl halides is 3. The summed E-state index contributed by atoms with van der Waals surface area (Å²) >= 11 is 0. The third-order valence-corrected chi connectivity index (χ3v) is 2.99. The first-order valence-corrected chi connectivity index (χ1v) is 5.88. The molecule has 1 N–H and O–H groups in total. The van der Waals surface area contributed by atoms with Gasteiger partial charge in [-0.05, 0) is 26.6 Å². The highest BCUT2D eigenvalue weighted by molar-refractivity contribution is 5.02. The Hall–Kier alpha value is -1.15. The van der Waals surface area contributed by atoms with Gasteiger partial charge in [-0.1, -0.05) is 0 Å². The van der Waals surface area contributed by atoms with Crippen LogP contribution >= 0.6 is 0 Å². The highest BCUT2D eigenvalue weighted by atomic mass is 19.4. The fourth-order valence-electron chi connectivity index (χ4n) is 2.09. The van der Waals surface area contributed by atoms with Gasteiger partial charge in [0, 0.05) is 13.1 Å². The van der Waals surface area contributed by atoms with E-state index >= 15 is 0 Å². The second kappa shape index (κ2) is 5.23. The predicted octanol–water partition coefficient (Wildman–Crippen LogP) is 0.722. The molecule has 1 aliphatic rings. The minimum atomic E-state index is -4.42. The van der Waals surface area contributed by atoms with Crippen molar-refractivity contribution in [2.45, 2.75) is 25.7 Å². The lowest BCUT2D eigenvalue weighted by molar-refractivity contribution is -0.148. The number of nitrogens with zero attached hydrogens (tertiary/aromatic N) is 4. The fraction of sp³-hybridized carbons (Fsp3) is 0.800. The maximum atomic E-state index is 12.6. The van der Waals surface area contributed by atoms with E-state index < -0.39 is 12.0 Å². The van der Waals surface area contributed by atoms with Crippen LogP contribution in [0.3, 0.4) is 0 Å². The minimum absolute atomic E-state index is 0.302. The number of hydrogen-bond donors (Lipinski definition) is 1. The maximum absolute atomic E-state index is 12.6. The normalized spacial score (nSPS) is 16.9. The van der Waals surface area contributed by atoms with Crippen LogP contribution < -0.4 is 5.32 Å². The maximum Gasteiger partial charge on any atom is 0.451 e. The minimum Gasteiger partial charge on any atom is -0.320 e. The second-order valence-electron chi connectivity index (χ2n) is 4.32. The number of hydrogen-bond acceptors (Lipinski definition) is 4. The number of nitrogens with one attached hydrogen (secondary N) is 1. The van der Waals surface area contributed by atoms with Crippen LogP contribution in [0.5, 0.6) is 0 Å². The van der Waals surface area contributed by atoms with Crippen LogP contribution in [0.2, 0.25) is 0 Å². The summed E-state index contributed by atoms with van der Waals surface area (Å²) in [4.78, 5) is 2.10. The molecule has 0 unspecified atom stereocenters. The molecule has 0 saturated carbocycles. The summed E-state index contributed by atoms with van der Waals surface area (Å²) in [7, 11) is 1.88. The van der Waals surface area contributed by atoms with E-state index in [4.69, 9.17) is 0 Å². The van der Waals surface area contributed by atoms with Gasteiger partial charge in [0.25, 0.3) is 0 Å². The molecular formula is C10H16F3N5. The van der Waals surface area contributed by atoms with Crippen molar-refractivity contribution in [1.29, 1.82) is 0 Å². The molecule has 0 saturated heterocycles. The molecule has 102 valence electrons. The van der Waals surface area contributed by atoms with Gasteiger partial charge in [0.1, 0.15) is 5.82 Å². The van der Waals surface area contributed by atoms with E-state index in [1.807, 2.05) is 7.05 Å². The Morgan fingerprint density at radius 2 is 2.06 bits per heavy atom. The molecule has 0 spiro atoms. The standard InChI is InChI=1S/C10H16F3N5/c1-14-3-2-4-17-5-6-18-8(7-17)15-16-9(18)10(11,12)13/h14H,2-7H2,1H3. The second-order valence-corrected chi connectivity index (χ2v) is 4.32. The van der Waals surface area contributed by atoms with Gasteiger partial charge in [-0.2, -0.15) is 13.2 Å². The first-order valence-electron chi connectivity index (χ1n) is 5.88. The van der Waals surface area contributed by atoms with Crippen LogP contribution in [0, 0.1) is 0 Å². The highest BCUT2D eigenvalue weighted by Gasteiger charge is 2.39. The molecule has 1 aliphatic heterocycles. The zero-order valence-corrected chi connectivity index (χ0v) is 10.2. The van der Waals surface area contributed by atoms with Crippen molar-refractivity contribution < 1.29 is 13.2 Å². The average molecular weight is 263 g/mol. The first-order chi connectivity index (χ1) is 8.52. The number of aromatic nitrogens is 3. The molecular weight excluding hydrogens is 247 g/mol. The van der Waals surface area contributed by atoms with E-state index in [1.165, 1.54) is 4.57 Å². The molecule has 2 heterocycles. The monoisotopic (exact) mass is 263 g/mol. The van der Waals surface area contributed by atoms with Crippen LogP contribution in [0.4, 0.5) is 13.2 Å². The Balaban J connectivity index is 2.01. The molecule has 5 nitrogen and oxygen atoms in total. The van der Waals surface area contributed by atoms with Crippen LogP contribution in [0.15, 0.2) is 0 Å². The van der Waals surface area contributed by atoms with Gasteiger partial charge in [-0.3, -0.25) is 4.90 Å². The van der Waals surface area contributed by atoms with Gasteiger partial charge in [0.05, 0.1) is 6.54 Å². The number of fused-ring (bicyclic) bond motifs is 1. The number of rotatable bonds is 4. The molecule has 0 radical (unpaired) electrons. The van der Waals surface area contributed by atoms with Crippen molar-refractivity contribution in [3.8, 4) is 0 Å². The Morgan fingerprint density at radius 1 is 1.28 bits per heavy atom. The quantitative estimate of drug-likeness (QED) is 0.813. The smallest absolute Gasteiger partial charge is 0.320 e. The fourth-order valence-corrected chi connectivity index (χ4v) is 2.09. The topological polar surface area (TPSA) is 46.0 Å². The zero-order valence-electron chi connectivity index (χ0n) is 10.2. The molecule has 1 aromatic heterocycles. The third-order valence-electron chi connectivity index (χ3n) is 2.99. The van der Waals surface area contributed by atoms with Crippen molar-refractivity contribution >= 4 is 0 Å². The van der Waals surface area contributed by atoms with Gasteiger partial charge in [-0.15, -0.1) is 10.2 Å². The van der Waals surface area contributed by atoms with E-state index in [0.29, 0.717) is 25.5 Å². The van der Waals surface area contributed by atoms with E-state index in [2.05, 4.69) is 20.4 Å². The van der Waals surface area contributed by atoms with Crippen molar-refractivity contribution in [2.24, 2.45) is 0 Å². The van der Waals surface area contributed by atoms with Crippen LogP contribution in [0.25, 0.3) is 0 Å². The lowest BCUT2D eigenvalue weighted by Gasteiger charge is -2.27. The van der Waals surface area contributed by atoms with Gasteiger partial charge in [0.2, 0.25) is 5.82 Å². The number of halogens is 3. The van der Waals surface area contributed by atoms with E-state index in [0.717, 1.165) is 19.5 Å². The lowest BCUT2D eigenvalue weighted by atomic mass is 10.3. The summed E-state index contributed by atoms with van der Waals surface area (Å²) in [5.74, 6) is -0.481. The molecule has 1 aromatic rings. The Labute approximate surface area is 103 Å². The summed E-state index contributed by atoms with van der Waals surface area (Å²) in [5, 5.41) is 9.93. The van der Waals surface area contributed by atoms with E-state index in [-0.39, 0.29) is 0 Å². The third kappa shape index (κ3) is 2.81. The molecule has 0 fully saturated rings. The molecule has 0 atom stereocenters. The summed E-state index contributed by atoms with van der Waals surface area (Å²) in [5.41, 5.74) is 0. The average Bonchev–Trinajstić information content (AvgIpc) is 2.72. The van der Waals surface area contributed by atoms with Gasteiger partial charge >= 0.3 is 6.18 Å². The van der Waals surface area contributed by atoms with E-state index in [1.54, 1.807) is 0 Å². The molecule has 0 aromatic carbocycles. The highest BCUT2D eigenvalue weighted by Crippen LogP contribution is 2.29. The SMILES string of the molecule is CNCCCN1CCn2c(nnc2C(F)(F)F)C1. The molecule has 18 heavy (non-hydrogen) atoms. The summed E-state index contributed by atoms with van der Waals surface area (Å²) in [6, 6.07) is 0. The molecule has 8 heteroatoms. The van der Waals surface area contributed by atoms with E-state index in [9.17, 15) is 13.2 Å². The lowest BCUT2D eigenvalue weighted by Crippen LogP contribution is -2.36.